The quantitative estimate of drug-likeness (QED) is 0.303. The van der Waals surface area contributed by atoms with Gasteiger partial charge in [0, 0.05) is 29.9 Å². The lowest BCUT2D eigenvalue weighted by molar-refractivity contribution is -0.137. The van der Waals surface area contributed by atoms with Gasteiger partial charge in [0.25, 0.3) is 21.5 Å². The standard InChI is InChI=1S/C28H24F3N3O6S2/c1-18-15-24(42(39,40)33-21-8-4-3-5-9-21)25(26(35)32-17-19-11-13-23(14-12-19)41(2,37)38)27(36)34(18)22-10-6-7-20(16-22)28(29,30)31/h3-16,33H,17H2,1-2H3,(H,32,35). The van der Waals surface area contributed by atoms with Gasteiger partial charge >= 0.3 is 6.18 Å². The first-order valence-corrected chi connectivity index (χ1v) is 15.5. The lowest BCUT2D eigenvalue weighted by atomic mass is 10.1. The van der Waals surface area contributed by atoms with Crippen molar-refractivity contribution < 1.29 is 34.8 Å². The lowest BCUT2D eigenvalue weighted by Gasteiger charge is -2.18. The van der Waals surface area contributed by atoms with E-state index in [1.54, 1.807) is 18.2 Å². The van der Waals surface area contributed by atoms with E-state index in [-0.39, 0.29) is 28.5 Å². The summed E-state index contributed by atoms with van der Waals surface area (Å²) in [7, 11) is -8.01. The van der Waals surface area contributed by atoms with Crippen LogP contribution in [-0.4, -0.2) is 33.6 Å². The van der Waals surface area contributed by atoms with Gasteiger partial charge in [0.15, 0.2) is 9.84 Å². The van der Waals surface area contributed by atoms with Crippen molar-refractivity contribution in [1.29, 1.82) is 0 Å². The highest BCUT2D eigenvalue weighted by molar-refractivity contribution is 7.92. The van der Waals surface area contributed by atoms with Crippen molar-refractivity contribution in [2.75, 3.05) is 11.0 Å². The number of rotatable bonds is 8. The van der Waals surface area contributed by atoms with Crippen LogP contribution in [0.2, 0.25) is 0 Å². The van der Waals surface area contributed by atoms with Crippen molar-refractivity contribution >= 4 is 31.5 Å². The maximum Gasteiger partial charge on any atom is 0.416 e. The van der Waals surface area contributed by atoms with Crippen LogP contribution >= 0.6 is 0 Å². The minimum atomic E-state index is -4.72. The van der Waals surface area contributed by atoms with Crippen LogP contribution in [0, 0.1) is 6.92 Å². The predicted molar refractivity (Wildman–Crippen MR) is 150 cm³/mol. The molecule has 2 N–H and O–H groups in total. The molecule has 0 radical (unpaired) electrons. The van der Waals surface area contributed by atoms with Crippen LogP contribution in [0.25, 0.3) is 5.69 Å². The van der Waals surface area contributed by atoms with Crippen molar-refractivity contribution in [2.24, 2.45) is 0 Å². The Kier molecular flexibility index (Phi) is 8.32. The Morgan fingerprint density at radius 2 is 1.52 bits per heavy atom. The van der Waals surface area contributed by atoms with Gasteiger partial charge in [0.1, 0.15) is 10.5 Å². The normalized spacial score (nSPS) is 12.1. The zero-order valence-electron chi connectivity index (χ0n) is 22.1. The van der Waals surface area contributed by atoms with E-state index in [9.17, 15) is 39.6 Å². The van der Waals surface area contributed by atoms with E-state index in [1.807, 2.05) is 0 Å². The molecule has 3 aromatic carbocycles. The second kappa shape index (κ2) is 11.4. The summed E-state index contributed by atoms with van der Waals surface area (Å²) in [6.45, 7) is 1.11. The molecule has 0 atom stereocenters. The van der Waals surface area contributed by atoms with Crippen LogP contribution in [-0.2, 0) is 32.6 Å². The number of hydrogen-bond acceptors (Lipinski definition) is 6. The number of aryl methyl sites for hydroxylation is 1. The van der Waals surface area contributed by atoms with Crippen molar-refractivity contribution in [1.82, 2.24) is 9.88 Å². The molecule has 0 fully saturated rings. The summed E-state index contributed by atoms with van der Waals surface area (Å²) in [6, 6.07) is 18.1. The third-order valence-corrected chi connectivity index (χ3v) is 8.67. The topological polar surface area (TPSA) is 131 Å². The molecule has 9 nitrogen and oxygen atoms in total. The number of amides is 1. The largest absolute Gasteiger partial charge is 0.416 e. The second-order valence-electron chi connectivity index (χ2n) is 9.28. The number of carbonyl (C=O) groups excluding carboxylic acids is 1. The Bertz CT molecular complexity index is 1920. The average Bonchev–Trinajstić information content (AvgIpc) is 2.91. The Balaban J connectivity index is 1.82. The molecule has 0 aliphatic rings. The molecular weight excluding hydrogens is 595 g/mol. The number of halogens is 3. The van der Waals surface area contributed by atoms with E-state index in [1.165, 1.54) is 49.4 Å². The zero-order valence-corrected chi connectivity index (χ0v) is 23.8. The van der Waals surface area contributed by atoms with Crippen LogP contribution < -0.4 is 15.6 Å². The van der Waals surface area contributed by atoms with Gasteiger partial charge in [-0.25, -0.2) is 16.8 Å². The minimum absolute atomic E-state index is 0.0410. The van der Waals surface area contributed by atoms with Crippen molar-refractivity contribution in [3.8, 4) is 5.69 Å². The molecule has 4 aromatic rings. The van der Waals surface area contributed by atoms with Crippen LogP contribution in [0.5, 0.6) is 0 Å². The fraction of sp³-hybridized carbons (Fsp3) is 0.143. The summed E-state index contributed by atoms with van der Waals surface area (Å²) in [4.78, 5) is 26.5. The van der Waals surface area contributed by atoms with Crippen LogP contribution in [0.3, 0.4) is 0 Å². The summed E-state index contributed by atoms with van der Waals surface area (Å²) < 4.78 is 93.6. The molecule has 1 heterocycles. The number of sulfone groups is 1. The van der Waals surface area contributed by atoms with Crippen molar-refractivity contribution in [3.05, 3.63) is 118 Å². The first-order chi connectivity index (χ1) is 19.6. The molecule has 0 spiro atoms. The third-order valence-electron chi connectivity index (χ3n) is 6.13. The zero-order chi connectivity index (χ0) is 30.9. The number of anilines is 1. The molecule has 0 aliphatic carbocycles. The predicted octanol–water partition coefficient (Wildman–Crippen LogP) is 4.30. The SMILES string of the molecule is Cc1cc(S(=O)(=O)Nc2ccccc2)c(C(=O)NCc2ccc(S(C)(=O)=O)cc2)c(=O)n1-c1cccc(C(F)(F)F)c1. The highest BCUT2D eigenvalue weighted by Gasteiger charge is 2.32. The highest BCUT2D eigenvalue weighted by atomic mass is 32.2. The maximum atomic E-state index is 13.7. The lowest BCUT2D eigenvalue weighted by Crippen LogP contribution is -2.36. The molecule has 0 aliphatic heterocycles. The van der Waals surface area contributed by atoms with Crippen molar-refractivity contribution in [2.45, 2.75) is 29.4 Å². The van der Waals surface area contributed by atoms with Crippen LogP contribution in [0.15, 0.2) is 99.5 Å². The molecule has 4 rings (SSSR count). The summed E-state index contributed by atoms with van der Waals surface area (Å²) in [5.41, 5.74) is -2.71. The molecule has 0 saturated heterocycles. The van der Waals surface area contributed by atoms with E-state index in [4.69, 9.17) is 0 Å². The van der Waals surface area contributed by atoms with Gasteiger partial charge in [-0.05, 0) is 61.0 Å². The second-order valence-corrected chi connectivity index (χ2v) is 13.0. The molecule has 42 heavy (non-hydrogen) atoms. The number of pyridine rings is 1. The number of para-hydroxylation sites is 1. The Morgan fingerprint density at radius 3 is 2.12 bits per heavy atom. The number of aromatic nitrogens is 1. The van der Waals surface area contributed by atoms with E-state index >= 15 is 0 Å². The van der Waals surface area contributed by atoms with Crippen LogP contribution in [0.4, 0.5) is 18.9 Å². The van der Waals surface area contributed by atoms with E-state index in [0.29, 0.717) is 5.56 Å². The van der Waals surface area contributed by atoms with Crippen molar-refractivity contribution in [3.63, 3.8) is 0 Å². The molecule has 14 heteroatoms. The molecule has 0 unspecified atom stereocenters. The van der Waals surface area contributed by atoms with Gasteiger partial charge in [-0.3, -0.25) is 18.9 Å². The molecule has 1 amide bonds. The summed E-state index contributed by atoms with van der Waals surface area (Å²) >= 11 is 0. The van der Waals surface area contributed by atoms with E-state index in [0.717, 1.165) is 35.1 Å². The number of nitrogens with one attached hydrogen (secondary N) is 2. The fourth-order valence-electron chi connectivity index (χ4n) is 4.11. The van der Waals surface area contributed by atoms with Gasteiger partial charge in [-0.2, -0.15) is 13.2 Å². The molecule has 1 aromatic heterocycles. The van der Waals surface area contributed by atoms with Gasteiger partial charge in [-0.1, -0.05) is 36.4 Å². The number of nitrogens with zero attached hydrogens (tertiary/aromatic N) is 1. The molecule has 0 bridgehead atoms. The van der Waals surface area contributed by atoms with Crippen LogP contribution in [0.1, 0.15) is 27.2 Å². The molecular formula is C28H24F3N3O6S2. The summed E-state index contributed by atoms with van der Waals surface area (Å²) in [5.74, 6) is -1.11. The number of hydrogen-bond donors (Lipinski definition) is 2. The highest BCUT2D eigenvalue weighted by Crippen LogP contribution is 2.30. The first-order valence-electron chi connectivity index (χ1n) is 12.2. The Labute approximate surface area is 239 Å². The summed E-state index contributed by atoms with van der Waals surface area (Å²) in [5, 5.41) is 2.45. The van der Waals surface area contributed by atoms with E-state index in [2.05, 4.69) is 10.0 Å². The monoisotopic (exact) mass is 619 g/mol. The minimum Gasteiger partial charge on any atom is -0.348 e. The summed E-state index contributed by atoms with van der Waals surface area (Å²) in [6.07, 6.45) is -3.69. The van der Waals surface area contributed by atoms with E-state index < -0.39 is 53.5 Å². The Morgan fingerprint density at radius 1 is 0.881 bits per heavy atom. The third kappa shape index (κ3) is 6.71. The number of carbonyl (C=O) groups is 1. The number of benzene rings is 3. The number of alkyl halides is 3. The maximum absolute atomic E-state index is 13.7. The Hall–Kier alpha value is -4.43. The number of sulfonamides is 1. The van der Waals surface area contributed by atoms with Gasteiger partial charge in [0.05, 0.1) is 10.5 Å². The fourth-order valence-corrected chi connectivity index (χ4v) is 6.07. The molecule has 0 saturated carbocycles. The first kappa shape index (κ1) is 30.5. The smallest absolute Gasteiger partial charge is 0.348 e. The molecule has 220 valence electrons. The van der Waals surface area contributed by atoms with Gasteiger partial charge in [0.2, 0.25) is 0 Å². The average molecular weight is 620 g/mol. The van der Waals surface area contributed by atoms with Gasteiger partial charge in [-0.15, -0.1) is 0 Å². The van der Waals surface area contributed by atoms with Gasteiger partial charge < -0.3 is 5.32 Å².